The number of para-hydroxylation sites is 1. The van der Waals surface area contributed by atoms with Crippen LogP contribution < -0.4 is 10.6 Å². The number of aryl methyl sites for hydroxylation is 2. The second kappa shape index (κ2) is 10.5. The highest BCUT2D eigenvalue weighted by Gasteiger charge is 2.41. The van der Waals surface area contributed by atoms with Gasteiger partial charge in [-0.2, -0.15) is 0 Å². The highest BCUT2D eigenvalue weighted by Crippen LogP contribution is 2.41. The minimum absolute atomic E-state index is 0.0435. The van der Waals surface area contributed by atoms with E-state index in [2.05, 4.69) is 56.0 Å². The second-order valence-corrected chi connectivity index (χ2v) is 9.69. The Kier molecular flexibility index (Phi) is 7.01. The molecule has 1 saturated heterocycles. The Morgan fingerprint density at radius 3 is 2.59 bits per heavy atom. The number of amides is 1. The van der Waals surface area contributed by atoms with E-state index >= 15 is 0 Å². The lowest BCUT2D eigenvalue weighted by molar-refractivity contribution is -0.116. The lowest BCUT2D eigenvalue weighted by Gasteiger charge is -2.28. The van der Waals surface area contributed by atoms with Gasteiger partial charge >= 0.3 is 0 Å². The van der Waals surface area contributed by atoms with E-state index in [0.717, 1.165) is 39.6 Å². The van der Waals surface area contributed by atoms with Gasteiger partial charge in [0.1, 0.15) is 0 Å². The van der Waals surface area contributed by atoms with E-state index < -0.39 is 0 Å². The van der Waals surface area contributed by atoms with E-state index in [1.807, 2.05) is 61.7 Å². The number of benzene rings is 1. The molecule has 5 rings (SSSR count). The van der Waals surface area contributed by atoms with Crippen molar-refractivity contribution in [1.82, 2.24) is 24.8 Å². The molecule has 0 aliphatic carbocycles. The van der Waals surface area contributed by atoms with Gasteiger partial charge < -0.3 is 20.1 Å². The topological polar surface area (TPSA) is 75.1 Å². The number of carbonyl (C=O) groups is 1. The quantitative estimate of drug-likeness (QED) is 0.333. The number of hydrogen-bond donors (Lipinski definition) is 2. The molecule has 1 fully saturated rings. The van der Waals surface area contributed by atoms with Crippen LogP contribution in [0.25, 0.3) is 5.69 Å². The van der Waals surface area contributed by atoms with Crippen molar-refractivity contribution in [1.29, 1.82) is 0 Å². The summed E-state index contributed by atoms with van der Waals surface area (Å²) in [5.41, 5.74) is 7.14. The van der Waals surface area contributed by atoms with Gasteiger partial charge in [0, 0.05) is 42.4 Å². The molecule has 188 valence electrons. The molecule has 8 heteroatoms. The molecule has 4 heterocycles. The third-order valence-electron chi connectivity index (χ3n) is 6.89. The number of nitrogens with zero attached hydrogens (tertiary/aromatic N) is 4. The fourth-order valence-electron chi connectivity index (χ4n) is 5.10. The normalized spacial score (nSPS) is 17.1. The number of aromatic nitrogens is 3. The Morgan fingerprint density at radius 2 is 1.86 bits per heavy atom. The minimum Gasteiger partial charge on any atom is -0.352 e. The molecule has 1 amide bonds. The molecule has 0 unspecified atom stereocenters. The first-order valence-corrected chi connectivity index (χ1v) is 12.8. The summed E-state index contributed by atoms with van der Waals surface area (Å²) in [6.45, 7) is 6.68. The zero-order chi connectivity index (χ0) is 25.9. The highest BCUT2D eigenvalue weighted by atomic mass is 32.1. The molecule has 0 radical (unpaired) electrons. The first-order valence-electron chi connectivity index (χ1n) is 12.4. The van der Waals surface area contributed by atoms with Crippen LogP contribution in [0.3, 0.4) is 0 Å². The molecule has 7 nitrogen and oxygen atoms in total. The van der Waals surface area contributed by atoms with Crippen LogP contribution in [0.1, 0.15) is 46.7 Å². The molecule has 1 aliphatic heterocycles. The summed E-state index contributed by atoms with van der Waals surface area (Å²) in [6.07, 6.45) is 5.75. The number of hydrogen-bond acceptors (Lipinski definition) is 4. The number of anilines is 1. The molecular weight excluding hydrogens is 480 g/mol. The van der Waals surface area contributed by atoms with Crippen LogP contribution in [0.15, 0.2) is 79.3 Å². The summed E-state index contributed by atoms with van der Waals surface area (Å²) in [5.74, 6) is -0.0435. The summed E-state index contributed by atoms with van der Waals surface area (Å²) in [6, 6.07) is 19.6. The van der Waals surface area contributed by atoms with Crippen molar-refractivity contribution >= 4 is 28.9 Å². The second-order valence-electron chi connectivity index (χ2n) is 9.31. The van der Waals surface area contributed by atoms with Crippen LogP contribution in [0.5, 0.6) is 0 Å². The largest absolute Gasteiger partial charge is 0.352 e. The first-order chi connectivity index (χ1) is 17.9. The van der Waals surface area contributed by atoms with Crippen LogP contribution in [-0.4, -0.2) is 37.0 Å². The molecular formula is C29H30N6OS. The summed E-state index contributed by atoms with van der Waals surface area (Å²) in [5, 5.41) is 7.15. The van der Waals surface area contributed by atoms with Crippen molar-refractivity contribution in [3.05, 3.63) is 107 Å². The molecule has 0 saturated carbocycles. The standard InChI is InChI=1S/C29H30N6OS/c1-19-9-4-5-11-24(19)32-26(36)13-16-34-28(27(33-29(34)37)25-12-6-7-15-31-25)23-17-20(2)35(21(23)3)22-10-8-14-30-18-22/h4-12,14-15,17-18,27-28H,13,16H2,1-3H3,(H,32,36)(H,33,37)/t27-,28-/m0/s1. The van der Waals surface area contributed by atoms with Crippen molar-refractivity contribution in [2.24, 2.45) is 0 Å². The minimum atomic E-state index is -0.143. The van der Waals surface area contributed by atoms with Crippen LogP contribution in [0.2, 0.25) is 0 Å². The molecule has 1 aromatic carbocycles. The molecule has 0 spiro atoms. The van der Waals surface area contributed by atoms with Gasteiger partial charge in [-0.15, -0.1) is 0 Å². The molecule has 0 bridgehead atoms. The van der Waals surface area contributed by atoms with E-state index in [1.54, 1.807) is 12.4 Å². The van der Waals surface area contributed by atoms with Crippen LogP contribution in [-0.2, 0) is 4.79 Å². The van der Waals surface area contributed by atoms with Gasteiger partial charge in [-0.05, 0) is 80.5 Å². The average molecular weight is 511 g/mol. The van der Waals surface area contributed by atoms with E-state index in [-0.39, 0.29) is 18.0 Å². The van der Waals surface area contributed by atoms with Crippen LogP contribution in [0, 0.1) is 20.8 Å². The maximum atomic E-state index is 12.9. The lowest BCUT2D eigenvalue weighted by Crippen LogP contribution is -2.33. The average Bonchev–Trinajstić information content (AvgIpc) is 3.39. The van der Waals surface area contributed by atoms with Crippen LogP contribution in [0.4, 0.5) is 5.69 Å². The fourth-order valence-corrected chi connectivity index (χ4v) is 5.43. The molecule has 2 atom stereocenters. The van der Waals surface area contributed by atoms with Gasteiger partial charge in [0.15, 0.2) is 5.11 Å². The third-order valence-corrected chi connectivity index (χ3v) is 7.24. The Labute approximate surface area is 222 Å². The number of rotatable bonds is 7. The van der Waals surface area contributed by atoms with Crippen molar-refractivity contribution in [3.8, 4) is 5.69 Å². The predicted molar refractivity (Wildman–Crippen MR) is 150 cm³/mol. The number of thiocarbonyl (C=S) groups is 1. The third kappa shape index (κ3) is 4.97. The van der Waals surface area contributed by atoms with E-state index in [4.69, 9.17) is 12.2 Å². The maximum absolute atomic E-state index is 12.9. The van der Waals surface area contributed by atoms with E-state index in [9.17, 15) is 4.79 Å². The summed E-state index contributed by atoms with van der Waals surface area (Å²) < 4.78 is 2.21. The highest BCUT2D eigenvalue weighted by molar-refractivity contribution is 7.80. The number of nitrogens with one attached hydrogen (secondary N) is 2. The monoisotopic (exact) mass is 510 g/mol. The van der Waals surface area contributed by atoms with E-state index in [0.29, 0.717) is 18.1 Å². The summed E-state index contributed by atoms with van der Waals surface area (Å²) in [4.78, 5) is 24.0. The molecule has 1 aliphatic rings. The molecule has 3 aromatic heterocycles. The van der Waals surface area contributed by atoms with Gasteiger partial charge in [0.2, 0.25) is 5.91 Å². The SMILES string of the molecule is Cc1ccccc1NC(=O)CCN1C(=S)N[C@@H](c2ccccn2)[C@@H]1c1cc(C)n(-c2cccnc2)c1C. The maximum Gasteiger partial charge on any atom is 0.226 e. The summed E-state index contributed by atoms with van der Waals surface area (Å²) in [7, 11) is 0. The Hall–Kier alpha value is -4.04. The Balaban J connectivity index is 1.47. The van der Waals surface area contributed by atoms with Gasteiger partial charge in [0.25, 0.3) is 0 Å². The van der Waals surface area contributed by atoms with E-state index in [1.165, 1.54) is 0 Å². The van der Waals surface area contributed by atoms with Crippen molar-refractivity contribution in [2.45, 2.75) is 39.3 Å². The number of carbonyl (C=O) groups excluding carboxylic acids is 1. The smallest absolute Gasteiger partial charge is 0.226 e. The predicted octanol–water partition coefficient (Wildman–Crippen LogP) is 5.19. The Bertz CT molecular complexity index is 1420. The fraction of sp³-hybridized carbons (Fsp3) is 0.241. The Morgan fingerprint density at radius 1 is 1.05 bits per heavy atom. The van der Waals surface area contributed by atoms with Crippen molar-refractivity contribution < 1.29 is 4.79 Å². The van der Waals surface area contributed by atoms with Gasteiger partial charge in [-0.1, -0.05) is 24.3 Å². The molecule has 4 aromatic rings. The van der Waals surface area contributed by atoms with Crippen LogP contribution >= 0.6 is 12.2 Å². The van der Waals surface area contributed by atoms with Gasteiger partial charge in [-0.3, -0.25) is 14.8 Å². The molecule has 37 heavy (non-hydrogen) atoms. The van der Waals surface area contributed by atoms with Crippen molar-refractivity contribution in [3.63, 3.8) is 0 Å². The zero-order valence-corrected chi connectivity index (χ0v) is 22.0. The summed E-state index contributed by atoms with van der Waals surface area (Å²) >= 11 is 5.81. The first kappa shape index (κ1) is 24.6. The zero-order valence-electron chi connectivity index (χ0n) is 21.2. The van der Waals surface area contributed by atoms with Crippen molar-refractivity contribution in [2.75, 3.05) is 11.9 Å². The van der Waals surface area contributed by atoms with Gasteiger partial charge in [0.05, 0.1) is 29.7 Å². The number of pyridine rings is 2. The molecule has 2 N–H and O–H groups in total. The van der Waals surface area contributed by atoms with Gasteiger partial charge in [-0.25, -0.2) is 0 Å². The lowest BCUT2D eigenvalue weighted by atomic mass is 9.96.